The number of amides is 1. The number of aromatic amines is 1. The fourth-order valence-corrected chi connectivity index (χ4v) is 4.47. The number of fused-ring (bicyclic) bond motifs is 3. The number of likely N-dealkylation sites (tertiary alicyclic amines) is 2. The van der Waals surface area contributed by atoms with Crippen LogP contribution in [0.2, 0.25) is 5.02 Å². The number of hydrogen-bond acceptors (Lipinski definition) is 4. The second kappa shape index (κ2) is 7.35. The monoisotopic (exact) mass is 447 g/mol. The van der Waals surface area contributed by atoms with Gasteiger partial charge in [0, 0.05) is 25.2 Å². The largest absolute Gasteiger partial charge is 0.410 e. The van der Waals surface area contributed by atoms with Crippen LogP contribution in [0.5, 0.6) is 0 Å². The Morgan fingerprint density at radius 2 is 1.93 bits per heavy atom. The number of piperazine rings is 1. The number of imidazole rings is 1. The number of rotatable bonds is 5. The third-order valence-corrected chi connectivity index (χ3v) is 6.17. The van der Waals surface area contributed by atoms with Gasteiger partial charge < -0.3 is 10.3 Å². The molecule has 0 radical (unpaired) electrons. The fraction of sp³-hybridized carbons (Fsp3) is 0.579. The molecule has 6 nitrogen and oxygen atoms in total. The van der Waals surface area contributed by atoms with E-state index in [0.29, 0.717) is 36.5 Å². The summed E-state index contributed by atoms with van der Waals surface area (Å²) in [5.74, 6) is -0.405. The Morgan fingerprint density at radius 1 is 1.27 bits per heavy atom. The molecule has 11 heteroatoms. The molecule has 2 unspecified atom stereocenters. The van der Waals surface area contributed by atoms with Gasteiger partial charge >= 0.3 is 6.18 Å². The normalized spacial score (nSPS) is 22.9. The first-order valence-corrected chi connectivity index (χ1v) is 10.0. The molecular formula is C19H22ClF4N5O. The third kappa shape index (κ3) is 4.00. The van der Waals surface area contributed by atoms with E-state index in [0.717, 1.165) is 20.3 Å². The molecule has 2 aromatic rings. The van der Waals surface area contributed by atoms with Crippen molar-refractivity contribution in [1.29, 1.82) is 0 Å². The Balaban J connectivity index is 1.35. The molecule has 1 aromatic heterocycles. The van der Waals surface area contributed by atoms with Gasteiger partial charge in [0.15, 0.2) is 0 Å². The van der Waals surface area contributed by atoms with Crippen molar-refractivity contribution in [3.8, 4) is 0 Å². The van der Waals surface area contributed by atoms with E-state index in [-0.39, 0.29) is 23.7 Å². The zero-order valence-corrected chi connectivity index (χ0v) is 17.2. The minimum atomic E-state index is -4.51. The molecule has 2 bridgehead atoms. The van der Waals surface area contributed by atoms with Gasteiger partial charge in [-0.2, -0.15) is 13.2 Å². The van der Waals surface area contributed by atoms with Crippen LogP contribution in [0.15, 0.2) is 12.1 Å². The van der Waals surface area contributed by atoms with Gasteiger partial charge in [-0.05, 0) is 32.4 Å². The van der Waals surface area contributed by atoms with Crippen LogP contribution < -0.4 is 5.32 Å². The Morgan fingerprint density at radius 3 is 2.57 bits per heavy atom. The maximum absolute atomic E-state index is 13.5. The molecule has 2 aliphatic heterocycles. The smallest absolute Gasteiger partial charge is 0.341 e. The average molecular weight is 448 g/mol. The maximum atomic E-state index is 13.5. The molecule has 0 saturated carbocycles. The highest BCUT2D eigenvalue weighted by molar-refractivity contribution is 6.34. The van der Waals surface area contributed by atoms with Crippen molar-refractivity contribution < 1.29 is 22.4 Å². The predicted molar refractivity (Wildman–Crippen MR) is 104 cm³/mol. The first-order chi connectivity index (χ1) is 13.9. The van der Waals surface area contributed by atoms with Gasteiger partial charge in [-0.15, -0.1) is 0 Å². The Bertz CT molecular complexity index is 976. The molecule has 1 amide bonds. The van der Waals surface area contributed by atoms with E-state index in [1.165, 1.54) is 12.1 Å². The van der Waals surface area contributed by atoms with Crippen LogP contribution in [0.25, 0.3) is 11.0 Å². The summed E-state index contributed by atoms with van der Waals surface area (Å²) in [6, 6.07) is 2.84. The van der Waals surface area contributed by atoms with Crippen molar-refractivity contribution in [3.63, 3.8) is 0 Å². The number of aromatic nitrogens is 2. The molecule has 2 fully saturated rings. The van der Waals surface area contributed by atoms with Crippen molar-refractivity contribution >= 4 is 28.5 Å². The van der Waals surface area contributed by atoms with Crippen LogP contribution in [0, 0.1) is 5.82 Å². The topological polar surface area (TPSA) is 64.3 Å². The van der Waals surface area contributed by atoms with Crippen LogP contribution in [-0.4, -0.2) is 69.1 Å². The highest BCUT2D eigenvalue weighted by Crippen LogP contribution is 2.33. The minimum absolute atomic E-state index is 0.0615. The maximum Gasteiger partial charge on any atom is 0.410 e. The Hall–Kier alpha value is -1.91. The molecule has 2 N–H and O–H groups in total. The highest BCUT2D eigenvalue weighted by Gasteiger charge is 2.49. The van der Waals surface area contributed by atoms with Gasteiger partial charge in [0.05, 0.1) is 23.6 Å². The van der Waals surface area contributed by atoms with Crippen molar-refractivity contribution in [1.82, 2.24) is 25.1 Å². The summed E-state index contributed by atoms with van der Waals surface area (Å²) in [7, 11) is 0. The fourth-order valence-electron chi connectivity index (χ4n) is 4.22. The molecule has 2 atom stereocenters. The number of hydrogen-bond donors (Lipinski definition) is 2. The molecule has 30 heavy (non-hydrogen) atoms. The van der Waals surface area contributed by atoms with Gasteiger partial charge in [0.2, 0.25) is 5.91 Å². The second-order valence-corrected chi connectivity index (χ2v) is 8.95. The molecule has 1 aromatic carbocycles. The van der Waals surface area contributed by atoms with Crippen LogP contribution in [0.4, 0.5) is 17.6 Å². The molecule has 2 saturated heterocycles. The number of halogens is 5. The molecular weight excluding hydrogens is 426 g/mol. The molecule has 0 spiro atoms. The first kappa shape index (κ1) is 21.3. The van der Waals surface area contributed by atoms with Gasteiger partial charge in [-0.1, -0.05) is 11.6 Å². The number of nitrogens with zero attached hydrogens (tertiary/aromatic N) is 3. The van der Waals surface area contributed by atoms with E-state index in [4.69, 9.17) is 11.6 Å². The number of alkyl halides is 3. The van der Waals surface area contributed by atoms with Crippen molar-refractivity contribution in [2.45, 2.75) is 50.6 Å². The highest BCUT2D eigenvalue weighted by atomic mass is 35.5. The van der Waals surface area contributed by atoms with Crippen LogP contribution in [0.1, 0.15) is 26.1 Å². The first-order valence-electron chi connectivity index (χ1n) is 9.62. The van der Waals surface area contributed by atoms with Crippen LogP contribution in [-0.2, 0) is 11.3 Å². The number of nitrogens with one attached hydrogen (secondary N) is 2. The Labute approximate surface area is 175 Å². The van der Waals surface area contributed by atoms with Gasteiger partial charge in [0.25, 0.3) is 0 Å². The zero-order valence-electron chi connectivity index (χ0n) is 16.5. The van der Waals surface area contributed by atoms with E-state index in [1.807, 2.05) is 4.90 Å². The van der Waals surface area contributed by atoms with E-state index in [1.54, 1.807) is 0 Å². The molecule has 4 rings (SSSR count). The summed E-state index contributed by atoms with van der Waals surface area (Å²) in [5, 5.41) is 2.33. The lowest BCUT2D eigenvalue weighted by atomic mass is 10.1. The number of H-pyrrole nitrogens is 1. The number of carbonyl (C=O) groups excluding carboxylic acids is 1. The lowest BCUT2D eigenvalue weighted by Gasteiger charge is -2.34. The molecule has 0 aliphatic carbocycles. The van der Waals surface area contributed by atoms with Gasteiger partial charge in [-0.25, -0.2) is 9.37 Å². The summed E-state index contributed by atoms with van der Waals surface area (Å²) in [6.07, 6.45) is -3.67. The standard InChI is InChI=1S/C19H22ClF4N5O/c1-18(2,19(22,23)24)27-16(30)9-29-7-11-5-12(29)6-28(11)8-15-25-14-4-10(21)3-13(20)17(14)26-15/h3-4,11-12H,5-9H2,1-2H3,(H,25,26)(H,27,30). The summed E-state index contributed by atoms with van der Waals surface area (Å²) < 4.78 is 52.4. The second-order valence-electron chi connectivity index (χ2n) is 8.54. The lowest BCUT2D eigenvalue weighted by Crippen LogP contribution is -2.57. The number of carbonyl (C=O) groups is 1. The summed E-state index contributed by atoms with van der Waals surface area (Å²) >= 11 is 6.05. The molecule has 2 aliphatic rings. The quantitative estimate of drug-likeness (QED) is 0.691. The number of benzene rings is 1. The van der Waals surface area contributed by atoms with Gasteiger partial charge in [0.1, 0.15) is 22.7 Å². The summed E-state index contributed by atoms with van der Waals surface area (Å²) in [4.78, 5) is 23.8. The molecule has 164 valence electrons. The van der Waals surface area contributed by atoms with Crippen molar-refractivity contribution in [3.05, 3.63) is 28.8 Å². The SMILES string of the molecule is CC(C)(NC(=O)CN1CC2CC1CN2Cc1nc2c(Cl)cc(F)cc2[nH]1)C(F)(F)F. The van der Waals surface area contributed by atoms with E-state index in [2.05, 4.69) is 20.2 Å². The Kier molecular flexibility index (Phi) is 5.22. The predicted octanol–water partition coefficient (Wildman–Crippen LogP) is 3.07. The van der Waals surface area contributed by atoms with Crippen molar-refractivity contribution in [2.75, 3.05) is 19.6 Å². The van der Waals surface area contributed by atoms with Crippen LogP contribution in [0.3, 0.4) is 0 Å². The lowest BCUT2D eigenvalue weighted by molar-refractivity contribution is -0.188. The van der Waals surface area contributed by atoms with Gasteiger partial charge in [-0.3, -0.25) is 14.6 Å². The van der Waals surface area contributed by atoms with Crippen LogP contribution >= 0.6 is 11.6 Å². The molecule has 3 heterocycles. The third-order valence-electron chi connectivity index (χ3n) is 5.88. The average Bonchev–Trinajstić information content (AvgIpc) is 3.27. The minimum Gasteiger partial charge on any atom is -0.341 e. The van der Waals surface area contributed by atoms with E-state index < -0.39 is 23.4 Å². The summed E-state index contributed by atoms with van der Waals surface area (Å²) in [6.45, 7) is 3.64. The van der Waals surface area contributed by atoms with Crippen molar-refractivity contribution in [2.24, 2.45) is 0 Å². The summed E-state index contributed by atoms with van der Waals surface area (Å²) in [5.41, 5.74) is -1.22. The zero-order chi connectivity index (χ0) is 21.8. The van der Waals surface area contributed by atoms with E-state index in [9.17, 15) is 22.4 Å². The van der Waals surface area contributed by atoms with E-state index >= 15 is 0 Å².